The summed E-state index contributed by atoms with van der Waals surface area (Å²) in [4.78, 5) is 13.5. The summed E-state index contributed by atoms with van der Waals surface area (Å²) in [6.07, 6.45) is 45.5. The van der Waals surface area contributed by atoms with E-state index >= 15 is 0 Å². The largest absolute Gasteiger partial charge is 0.394 e. The zero-order chi connectivity index (χ0) is 68.9. The van der Waals surface area contributed by atoms with Gasteiger partial charge >= 0.3 is 0 Å². The zero-order valence-electron chi connectivity index (χ0n) is 58.6. The van der Waals surface area contributed by atoms with Gasteiger partial charge in [-0.1, -0.05) is 273 Å². The van der Waals surface area contributed by atoms with Gasteiger partial charge in [0.25, 0.3) is 0 Å². The van der Waals surface area contributed by atoms with Gasteiger partial charge in [-0.25, -0.2) is 0 Å². The van der Waals surface area contributed by atoms with E-state index in [2.05, 4.69) is 92.1 Å². The molecule has 19 heteroatoms. The summed E-state index contributed by atoms with van der Waals surface area (Å²) in [6.45, 7) is 1.69. The van der Waals surface area contributed by atoms with Crippen LogP contribution in [0.15, 0.2) is 72.9 Å². The molecule has 19 nitrogen and oxygen atoms in total. The summed E-state index contributed by atoms with van der Waals surface area (Å²) >= 11 is 0. The number of hydrogen-bond donors (Lipinski definition) is 12. The van der Waals surface area contributed by atoms with Crippen LogP contribution in [0.1, 0.15) is 271 Å². The van der Waals surface area contributed by atoms with Gasteiger partial charge in [0, 0.05) is 6.42 Å². The fourth-order valence-corrected chi connectivity index (χ4v) is 12.5. The van der Waals surface area contributed by atoms with E-state index in [0.29, 0.717) is 12.8 Å². The molecule has 3 rings (SSSR count). The Morgan fingerprint density at radius 1 is 0.389 bits per heavy atom. The number of rotatable bonds is 58. The second-order valence-corrected chi connectivity index (χ2v) is 26.7. The maximum atomic E-state index is 13.5. The molecule has 0 saturated carbocycles. The molecule has 0 bridgehead atoms. The average Bonchev–Trinajstić information content (AvgIpc) is 0.787. The highest BCUT2D eigenvalue weighted by Crippen LogP contribution is 2.33. The van der Waals surface area contributed by atoms with E-state index in [4.69, 9.17) is 28.4 Å². The molecule has 3 saturated heterocycles. The molecule has 0 spiro atoms. The molecule has 1 amide bonds. The van der Waals surface area contributed by atoms with Crippen molar-refractivity contribution < 1.29 is 89.4 Å². The summed E-state index contributed by atoms with van der Waals surface area (Å²) in [5.74, 6) is -0.267. The van der Waals surface area contributed by atoms with E-state index in [1.54, 1.807) is 0 Å². The van der Waals surface area contributed by atoms with Gasteiger partial charge in [0.15, 0.2) is 18.9 Å². The first-order valence-corrected chi connectivity index (χ1v) is 37.7. The Balaban J connectivity index is 1.41. The predicted octanol–water partition coefficient (Wildman–Crippen LogP) is 11.3. The van der Waals surface area contributed by atoms with Gasteiger partial charge in [0.1, 0.15) is 73.2 Å². The number of amides is 1. The topological polar surface area (TPSA) is 307 Å². The smallest absolute Gasteiger partial charge is 0.220 e. The Morgan fingerprint density at radius 3 is 1.14 bits per heavy atom. The van der Waals surface area contributed by atoms with Gasteiger partial charge < -0.3 is 89.9 Å². The highest BCUT2D eigenvalue weighted by atomic mass is 16.8. The van der Waals surface area contributed by atoms with Crippen molar-refractivity contribution in [1.29, 1.82) is 0 Å². The predicted molar refractivity (Wildman–Crippen MR) is 374 cm³/mol. The van der Waals surface area contributed by atoms with E-state index in [1.807, 2.05) is 0 Å². The highest BCUT2D eigenvalue weighted by molar-refractivity contribution is 5.76. The molecule has 0 radical (unpaired) electrons. The van der Waals surface area contributed by atoms with Crippen molar-refractivity contribution in [3.8, 4) is 0 Å². The van der Waals surface area contributed by atoms with Crippen LogP contribution in [0.2, 0.25) is 0 Å². The minimum Gasteiger partial charge on any atom is -0.394 e. The Kier molecular flexibility index (Phi) is 51.8. The Hall–Kier alpha value is -2.77. The number of ether oxygens (including phenoxy) is 6. The number of aliphatic hydroxyl groups is 11. The van der Waals surface area contributed by atoms with Crippen LogP contribution < -0.4 is 5.32 Å². The number of hydrogen-bond acceptors (Lipinski definition) is 18. The summed E-state index contributed by atoms with van der Waals surface area (Å²) in [5.41, 5.74) is 0. The van der Waals surface area contributed by atoms with Crippen LogP contribution in [-0.2, 0) is 33.2 Å². The molecule has 0 aromatic heterocycles. The van der Waals surface area contributed by atoms with Gasteiger partial charge in [-0.2, -0.15) is 0 Å². The van der Waals surface area contributed by atoms with Gasteiger partial charge in [-0.3, -0.25) is 4.79 Å². The minimum atomic E-state index is -1.98. The molecule has 3 aliphatic heterocycles. The van der Waals surface area contributed by atoms with Crippen LogP contribution in [0.4, 0.5) is 0 Å². The second kappa shape index (κ2) is 56.9. The minimum absolute atomic E-state index is 0.233. The standard InChI is InChI=1S/C76H135NO18/c1-3-5-7-9-11-13-15-17-19-21-23-25-27-28-29-30-32-33-35-37-39-41-43-45-47-49-51-53-60(81)59(77-64(82)54-52-50-48-46-44-42-40-38-36-34-31-26-24-22-20-18-16-14-12-10-8-6-4-2)58-90-74-70(88)67(85)72(62(56-79)92-74)95-76-71(89)68(86)73(63(57-80)93-76)94-75-69(87)66(84)65(83)61(55-78)91-75/h6,8,12,14,18,20,24,26,34,36,40,42,59-63,65-76,78-81,83-89H,3-5,7,9-11,13,15-17,19,21-23,25,27-33,35,37-39,41,43-58H2,1-2H3,(H,77,82)/b8-6-,14-12-,20-18-,26-24-,36-34-,42-40-. The number of unbranched alkanes of at least 4 members (excludes halogenated alkanes) is 30. The van der Waals surface area contributed by atoms with Crippen LogP contribution in [0, 0.1) is 0 Å². The molecule has 12 N–H and O–H groups in total. The molecule has 17 unspecified atom stereocenters. The highest BCUT2D eigenvalue weighted by Gasteiger charge is 2.53. The lowest BCUT2D eigenvalue weighted by molar-refractivity contribution is -0.379. The number of aliphatic hydroxyl groups excluding tert-OH is 11. The first-order valence-electron chi connectivity index (χ1n) is 37.7. The van der Waals surface area contributed by atoms with Gasteiger partial charge in [0.2, 0.25) is 5.91 Å². The third-order valence-corrected chi connectivity index (χ3v) is 18.5. The van der Waals surface area contributed by atoms with E-state index in [9.17, 15) is 61.0 Å². The maximum Gasteiger partial charge on any atom is 0.220 e. The lowest BCUT2D eigenvalue weighted by atomic mass is 9.96. The Bertz CT molecular complexity index is 2000. The van der Waals surface area contributed by atoms with Crippen LogP contribution >= 0.6 is 0 Å². The Morgan fingerprint density at radius 2 is 0.726 bits per heavy atom. The van der Waals surface area contributed by atoms with Gasteiger partial charge in [-0.15, -0.1) is 0 Å². The first-order chi connectivity index (χ1) is 46.3. The number of nitrogens with one attached hydrogen (secondary N) is 1. The van der Waals surface area contributed by atoms with E-state index in [-0.39, 0.29) is 18.9 Å². The number of carbonyl (C=O) groups excluding carboxylic acids is 1. The third kappa shape index (κ3) is 38.0. The fourth-order valence-electron chi connectivity index (χ4n) is 12.5. The van der Waals surface area contributed by atoms with Crippen molar-refractivity contribution >= 4 is 5.91 Å². The van der Waals surface area contributed by atoms with E-state index in [0.717, 1.165) is 89.9 Å². The molecule has 3 heterocycles. The third-order valence-electron chi connectivity index (χ3n) is 18.5. The molecule has 17 atom stereocenters. The van der Waals surface area contributed by atoms with Gasteiger partial charge in [-0.05, 0) is 64.2 Å². The lowest BCUT2D eigenvalue weighted by Gasteiger charge is -2.48. The average molecular weight is 1350 g/mol. The quantitative estimate of drug-likeness (QED) is 0.0199. The molecular formula is C76H135NO18. The van der Waals surface area contributed by atoms with Crippen molar-refractivity contribution in [3.05, 3.63) is 72.9 Å². The molecule has 0 aromatic rings. The van der Waals surface area contributed by atoms with Crippen LogP contribution in [0.5, 0.6) is 0 Å². The normalized spacial score (nSPS) is 27.6. The molecule has 0 aromatic carbocycles. The van der Waals surface area contributed by atoms with Gasteiger partial charge in [0.05, 0.1) is 38.6 Å². The van der Waals surface area contributed by atoms with E-state index in [1.165, 1.54) is 148 Å². The first kappa shape index (κ1) is 86.5. The van der Waals surface area contributed by atoms with Crippen molar-refractivity contribution in [3.63, 3.8) is 0 Å². The molecule has 0 aliphatic carbocycles. The maximum absolute atomic E-state index is 13.5. The fraction of sp³-hybridized carbons (Fsp3) is 0.829. The summed E-state index contributed by atoms with van der Waals surface area (Å²) in [7, 11) is 0. The summed E-state index contributed by atoms with van der Waals surface area (Å²) in [6, 6.07) is -0.907. The van der Waals surface area contributed by atoms with Crippen molar-refractivity contribution in [2.75, 3.05) is 26.4 Å². The monoisotopic (exact) mass is 1350 g/mol. The number of carbonyl (C=O) groups is 1. The zero-order valence-corrected chi connectivity index (χ0v) is 58.6. The van der Waals surface area contributed by atoms with E-state index < -0.39 is 124 Å². The Labute approximate surface area is 572 Å². The van der Waals surface area contributed by atoms with Crippen LogP contribution in [0.25, 0.3) is 0 Å². The lowest BCUT2D eigenvalue weighted by Crippen LogP contribution is -2.66. The molecule has 95 heavy (non-hydrogen) atoms. The summed E-state index contributed by atoms with van der Waals surface area (Å²) < 4.78 is 34.5. The van der Waals surface area contributed by atoms with Crippen molar-refractivity contribution in [2.24, 2.45) is 0 Å². The molecule has 3 fully saturated rings. The second-order valence-electron chi connectivity index (χ2n) is 26.7. The van der Waals surface area contributed by atoms with Crippen molar-refractivity contribution in [1.82, 2.24) is 5.32 Å². The summed E-state index contributed by atoms with van der Waals surface area (Å²) in [5, 5.41) is 121. The molecule has 552 valence electrons. The number of allylic oxidation sites excluding steroid dienone is 12. The van der Waals surface area contributed by atoms with Crippen LogP contribution in [0.3, 0.4) is 0 Å². The van der Waals surface area contributed by atoms with Crippen LogP contribution in [-0.4, -0.2) is 193 Å². The molecular weight excluding hydrogens is 1210 g/mol. The SMILES string of the molecule is CC/C=C\C/C=C\C/C=C\C/C=C\C/C=C\C/C=C\CCCCCCC(=O)NC(COC1OC(CO)C(OC2OC(CO)C(OC3OC(CO)C(O)C(O)C3O)C(O)C2O)C(O)C1O)C(O)CCCCCCCCCCCCCCCCCCCCCCCCCCCCC. The van der Waals surface area contributed by atoms with Crippen molar-refractivity contribution in [2.45, 2.75) is 375 Å². The molecule has 3 aliphatic rings.